The van der Waals surface area contributed by atoms with Crippen LogP contribution in [0.2, 0.25) is 5.02 Å². The highest BCUT2D eigenvalue weighted by molar-refractivity contribution is 6.45. The average Bonchev–Trinajstić information content (AvgIpc) is 2.57. The molecule has 2 rings (SSSR count). The van der Waals surface area contributed by atoms with Crippen molar-refractivity contribution in [2.45, 2.75) is 6.92 Å². The van der Waals surface area contributed by atoms with E-state index in [1.807, 2.05) is 0 Å². The van der Waals surface area contributed by atoms with Crippen molar-refractivity contribution in [3.05, 3.63) is 59.1 Å². The fourth-order valence-electron chi connectivity index (χ4n) is 1.90. The summed E-state index contributed by atoms with van der Waals surface area (Å²) in [6.07, 6.45) is 0. The molecule has 2 N–H and O–H groups in total. The quantitative estimate of drug-likeness (QED) is 0.658. The number of anilines is 2. The van der Waals surface area contributed by atoms with Crippen LogP contribution >= 0.6 is 11.6 Å². The first-order valence-corrected chi connectivity index (χ1v) is 7.53. The van der Waals surface area contributed by atoms with Gasteiger partial charge in [-0.15, -0.1) is 0 Å². The Hall–Kier alpha value is -2.86. The molecule has 0 radical (unpaired) electrons. The second-order valence-electron chi connectivity index (χ2n) is 4.65. The number of hydrogen-bond acceptors (Lipinski definition) is 4. The van der Waals surface area contributed by atoms with Gasteiger partial charge in [-0.3, -0.25) is 9.59 Å². The monoisotopic (exact) mass is 346 g/mol. The molecule has 0 aliphatic carbocycles. The molecule has 0 spiro atoms. The number of ether oxygens (including phenoxy) is 1. The highest BCUT2D eigenvalue weighted by Crippen LogP contribution is 2.21. The topological polar surface area (TPSA) is 84.5 Å². The van der Waals surface area contributed by atoms with Gasteiger partial charge < -0.3 is 15.4 Å². The molecular formula is C17H15ClN2O4. The maximum atomic E-state index is 12.0. The number of para-hydroxylation sites is 2. The minimum Gasteiger partial charge on any atom is -0.462 e. The van der Waals surface area contributed by atoms with Crippen LogP contribution in [0.4, 0.5) is 11.4 Å². The molecule has 0 saturated heterocycles. The molecule has 0 aliphatic rings. The molecule has 0 bridgehead atoms. The van der Waals surface area contributed by atoms with Crippen LogP contribution in [0.15, 0.2) is 48.5 Å². The summed E-state index contributed by atoms with van der Waals surface area (Å²) in [4.78, 5) is 35.9. The van der Waals surface area contributed by atoms with Gasteiger partial charge in [0.2, 0.25) is 0 Å². The molecule has 6 nitrogen and oxygen atoms in total. The van der Waals surface area contributed by atoms with Crippen molar-refractivity contribution in [1.82, 2.24) is 0 Å². The van der Waals surface area contributed by atoms with Gasteiger partial charge in [-0.05, 0) is 31.2 Å². The van der Waals surface area contributed by atoms with Crippen LogP contribution in [0.1, 0.15) is 17.3 Å². The summed E-state index contributed by atoms with van der Waals surface area (Å²) in [7, 11) is 0. The Morgan fingerprint density at radius 2 is 1.46 bits per heavy atom. The Labute approximate surface area is 143 Å². The fraction of sp³-hybridized carbons (Fsp3) is 0.118. The smallest absolute Gasteiger partial charge is 0.340 e. The molecule has 0 unspecified atom stereocenters. The fourth-order valence-corrected chi connectivity index (χ4v) is 2.08. The number of hydrogen-bond donors (Lipinski definition) is 2. The van der Waals surface area contributed by atoms with Gasteiger partial charge in [-0.25, -0.2) is 4.79 Å². The predicted octanol–water partition coefficient (Wildman–Crippen LogP) is 3.09. The van der Waals surface area contributed by atoms with E-state index in [0.29, 0.717) is 10.7 Å². The van der Waals surface area contributed by atoms with Crippen molar-refractivity contribution in [2.75, 3.05) is 17.2 Å². The van der Waals surface area contributed by atoms with Gasteiger partial charge >= 0.3 is 17.8 Å². The summed E-state index contributed by atoms with van der Waals surface area (Å²) in [5.41, 5.74) is 0.673. The zero-order chi connectivity index (χ0) is 17.5. The number of amides is 2. The summed E-state index contributed by atoms with van der Waals surface area (Å²) < 4.78 is 4.91. The van der Waals surface area contributed by atoms with Gasteiger partial charge in [0.1, 0.15) is 0 Å². The molecule has 0 fully saturated rings. The zero-order valence-corrected chi connectivity index (χ0v) is 13.6. The first-order chi connectivity index (χ1) is 11.5. The molecule has 0 atom stereocenters. The van der Waals surface area contributed by atoms with Crippen LogP contribution in [0.3, 0.4) is 0 Å². The van der Waals surface area contributed by atoms with Crippen molar-refractivity contribution in [2.24, 2.45) is 0 Å². The molecule has 0 saturated carbocycles. The summed E-state index contributed by atoms with van der Waals surface area (Å²) >= 11 is 5.93. The molecule has 2 aromatic carbocycles. The van der Waals surface area contributed by atoms with Crippen LogP contribution in [0.25, 0.3) is 0 Å². The van der Waals surface area contributed by atoms with Crippen LogP contribution in [0, 0.1) is 0 Å². The first kappa shape index (κ1) is 17.5. The van der Waals surface area contributed by atoms with Crippen molar-refractivity contribution in [1.29, 1.82) is 0 Å². The Morgan fingerprint density at radius 3 is 2.08 bits per heavy atom. The first-order valence-electron chi connectivity index (χ1n) is 7.16. The van der Waals surface area contributed by atoms with E-state index in [9.17, 15) is 14.4 Å². The molecule has 0 aromatic heterocycles. The third kappa shape index (κ3) is 4.33. The van der Waals surface area contributed by atoms with E-state index in [2.05, 4.69) is 10.6 Å². The number of benzene rings is 2. The van der Waals surface area contributed by atoms with Crippen LogP contribution in [-0.4, -0.2) is 24.4 Å². The molecule has 0 heterocycles. The summed E-state index contributed by atoms with van der Waals surface area (Å²) in [5, 5.41) is 5.11. The van der Waals surface area contributed by atoms with Gasteiger partial charge in [-0.1, -0.05) is 35.9 Å². The van der Waals surface area contributed by atoms with Gasteiger partial charge in [0.15, 0.2) is 0 Å². The van der Waals surface area contributed by atoms with Crippen molar-refractivity contribution < 1.29 is 19.1 Å². The Bertz CT molecular complexity index is 777. The highest BCUT2D eigenvalue weighted by atomic mass is 35.5. The van der Waals surface area contributed by atoms with E-state index >= 15 is 0 Å². The lowest BCUT2D eigenvalue weighted by Crippen LogP contribution is -2.29. The maximum absolute atomic E-state index is 12.0. The summed E-state index contributed by atoms with van der Waals surface area (Å²) in [6.45, 7) is 1.88. The average molecular weight is 347 g/mol. The van der Waals surface area contributed by atoms with E-state index in [-0.39, 0.29) is 17.9 Å². The van der Waals surface area contributed by atoms with Crippen molar-refractivity contribution >= 4 is 40.8 Å². The molecule has 0 aliphatic heterocycles. The third-order valence-electron chi connectivity index (χ3n) is 3.00. The largest absolute Gasteiger partial charge is 0.462 e. The van der Waals surface area contributed by atoms with Crippen LogP contribution < -0.4 is 10.6 Å². The summed E-state index contributed by atoms with van der Waals surface area (Å²) in [5.74, 6) is -2.41. The van der Waals surface area contributed by atoms with Crippen molar-refractivity contribution in [3.63, 3.8) is 0 Å². The SMILES string of the molecule is CCOC(=O)c1ccccc1NC(=O)C(=O)Nc1ccccc1Cl. The molecule has 24 heavy (non-hydrogen) atoms. The maximum Gasteiger partial charge on any atom is 0.340 e. The second kappa shape index (κ2) is 8.12. The number of halogens is 1. The van der Waals surface area contributed by atoms with E-state index < -0.39 is 17.8 Å². The van der Waals surface area contributed by atoms with Gasteiger partial charge in [0, 0.05) is 0 Å². The molecule has 7 heteroatoms. The van der Waals surface area contributed by atoms with Crippen LogP contribution in [-0.2, 0) is 14.3 Å². The van der Waals surface area contributed by atoms with Gasteiger partial charge in [0.25, 0.3) is 0 Å². The lowest BCUT2D eigenvalue weighted by molar-refractivity contribution is -0.133. The highest BCUT2D eigenvalue weighted by Gasteiger charge is 2.19. The number of rotatable bonds is 4. The van der Waals surface area contributed by atoms with Crippen molar-refractivity contribution in [3.8, 4) is 0 Å². The third-order valence-corrected chi connectivity index (χ3v) is 3.33. The Kier molecular flexibility index (Phi) is 5.92. The van der Waals surface area contributed by atoms with E-state index in [1.165, 1.54) is 12.1 Å². The Balaban J connectivity index is 2.11. The number of esters is 1. The van der Waals surface area contributed by atoms with E-state index in [4.69, 9.17) is 16.3 Å². The number of carbonyl (C=O) groups is 3. The minimum atomic E-state index is -0.924. The standard InChI is InChI=1S/C17H15ClN2O4/c1-2-24-17(23)11-7-3-5-9-13(11)19-15(21)16(22)20-14-10-6-4-8-12(14)18/h3-10H,2H2,1H3,(H,19,21)(H,20,22). The second-order valence-corrected chi connectivity index (χ2v) is 5.06. The molecule has 2 aromatic rings. The number of nitrogens with one attached hydrogen (secondary N) is 2. The molecular weight excluding hydrogens is 332 g/mol. The molecule has 2 amide bonds. The summed E-state index contributed by atoms with van der Waals surface area (Å²) in [6, 6.07) is 12.8. The van der Waals surface area contributed by atoms with Crippen LogP contribution in [0.5, 0.6) is 0 Å². The minimum absolute atomic E-state index is 0.165. The normalized spacial score (nSPS) is 9.92. The predicted molar refractivity (Wildman–Crippen MR) is 91.1 cm³/mol. The van der Waals surface area contributed by atoms with E-state index in [0.717, 1.165) is 0 Å². The van der Waals surface area contributed by atoms with Gasteiger partial charge in [-0.2, -0.15) is 0 Å². The van der Waals surface area contributed by atoms with Gasteiger partial charge in [0.05, 0.1) is 28.6 Å². The molecule has 124 valence electrons. The lowest BCUT2D eigenvalue weighted by Gasteiger charge is -2.11. The number of carbonyl (C=O) groups excluding carboxylic acids is 3. The zero-order valence-electron chi connectivity index (χ0n) is 12.8. The van der Waals surface area contributed by atoms with E-state index in [1.54, 1.807) is 43.3 Å². The lowest BCUT2D eigenvalue weighted by atomic mass is 10.2. The Morgan fingerprint density at radius 1 is 0.917 bits per heavy atom.